The first-order chi connectivity index (χ1) is 9.97. The Hall–Kier alpha value is -0.720. The van der Waals surface area contributed by atoms with Crippen molar-refractivity contribution in [3.63, 3.8) is 0 Å². The van der Waals surface area contributed by atoms with E-state index >= 15 is 0 Å². The third-order valence-corrected chi connectivity index (χ3v) is 4.50. The fourth-order valence-electron chi connectivity index (χ4n) is 2.69. The molecule has 2 rings (SSSR count). The van der Waals surface area contributed by atoms with Crippen molar-refractivity contribution < 1.29 is 4.39 Å². The normalized spacial score (nSPS) is 19.0. The van der Waals surface area contributed by atoms with Gasteiger partial charge in [-0.05, 0) is 35.0 Å². The summed E-state index contributed by atoms with van der Waals surface area (Å²) in [5, 5.41) is 3.17. The van der Waals surface area contributed by atoms with Gasteiger partial charge in [-0.3, -0.25) is 4.90 Å². The summed E-state index contributed by atoms with van der Waals surface area (Å²) in [5.41, 5.74) is 0. The molecular weight excluding hydrogens is 335 g/mol. The van der Waals surface area contributed by atoms with Crippen molar-refractivity contribution in [2.45, 2.75) is 19.9 Å². The van der Waals surface area contributed by atoms with Crippen molar-refractivity contribution in [3.8, 4) is 0 Å². The average molecular weight is 359 g/mol. The van der Waals surface area contributed by atoms with Gasteiger partial charge in [-0.25, -0.2) is 9.37 Å². The number of aromatic nitrogens is 1. The molecule has 1 aliphatic heterocycles. The highest BCUT2D eigenvalue weighted by Crippen LogP contribution is 2.18. The number of anilines is 1. The summed E-state index contributed by atoms with van der Waals surface area (Å²) in [4.78, 5) is 8.95. The number of hydrogen-bond acceptors (Lipinski definition) is 4. The molecule has 118 valence electrons. The quantitative estimate of drug-likeness (QED) is 0.876. The molecule has 0 radical (unpaired) electrons. The van der Waals surface area contributed by atoms with Crippen LogP contribution >= 0.6 is 15.9 Å². The molecule has 6 heteroatoms. The molecule has 0 bridgehead atoms. The molecule has 2 heterocycles. The minimum absolute atomic E-state index is 0.315. The smallest absolute Gasteiger partial charge is 0.166 e. The highest BCUT2D eigenvalue weighted by Gasteiger charge is 2.25. The first-order valence-corrected chi connectivity index (χ1v) is 8.24. The highest BCUT2D eigenvalue weighted by molar-refractivity contribution is 9.10. The Labute approximate surface area is 134 Å². The molecule has 1 saturated heterocycles. The Morgan fingerprint density at radius 2 is 2.00 bits per heavy atom. The van der Waals surface area contributed by atoms with Gasteiger partial charge in [0.05, 0.1) is 0 Å². The molecule has 1 fully saturated rings. The average Bonchev–Trinajstić information content (AvgIpc) is 2.42. The molecule has 0 aliphatic carbocycles. The Bertz CT molecular complexity index is 461. The third-order valence-electron chi connectivity index (χ3n) is 4.06. The molecule has 0 spiro atoms. The van der Waals surface area contributed by atoms with Crippen LogP contribution in [0.3, 0.4) is 0 Å². The Balaban J connectivity index is 1.97. The van der Waals surface area contributed by atoms with Crippen LogP contribution in [0.4, 0.5) is 10.2 Å². The van der Waals surface area contributed by atoms with Crippen molar-refractivity contribution in [1.29, 1.82) is 0 Å². The van der Waals surface area contributed by atoms with Crippen LogP contribution in [0.5, 0.6) is 0 Å². The van der Waals surface area contributed by atoms with Crippen LogP contribution in [0.15, 0.2) is 16.7 Å². The molecule has 1 aromatic heterocycles. The lowest BCUT2D eigenvalue weighted by Crippen LogP contribution is -2.52. The predicted molar refractivity (Wildman–Crippen MR) is 88.1 cm³/mol. The van der Waals surface area contributed by atoms with Gasteiger partial charge in [-0.1, -0.05) is 13.8 Å². The number of nitrogens with one attached hydrogen (secondary N) is 1. The van der Waals surface area contributed by atoms with Crippen molar-refractivity contribution in [1.82, 2.24) is 14.8 Å². The topological polar surface area (TPSA) is 31.4 Å². The van der Waals surface area contributed by atoms with E-state index in [1.165, 1.54) is 6.07 Å². The molecule has 1 N–H and O–H groups in total. The zero-order valence-corrected chi connectivity index (χ0v) is 14.5. The lowest BCUT2D eigenvalue weighted by atomic mass is 10.0. The molecule has 4 nitrogen and oxygen atoms in total. The molecule has 0 amide bonds. The molecule has 1 aromatic rings. The number of likely N-dealkylation sites (N-methyl/N-ethyl adjacent to an activating group) is 1. The second-order valence-corrected chi connectivity index (χ2v) is 6.93. The summed E-state index contributed by atoms with van der Waals surface area (Å²) in [6, 6.07) is 1.83. The van der Waals surface area contributed by atoms with E-state index in [1.807, 2.05) is 0 Å². The van der Waals surface area contributed by atoms with Crippen molar-refractivity contribution in [2.75, 3.05) is 45.1 Å². The third kappa shape index (κ3) is 4.63. The van der Waals surface area contributed by atoms with Gasteiger partial charge in [0.2, 0.25) is 0 Å². The van der Waals surface area contributed by atoms with Gasteiger partial charge in [-0.2, -0.15) is 0 Å². The lowest BCUT2D eigenvalue weighted by Gasteiger charge is -2.40. The van der Waals surface area contributed by atoms with Crippen molar-refractivity contribution in [3.05, 3.63) is 22.6 Å². The van der Waals surface area contributed by atoms with Crippen molar-refractivity contribution >= 4 is 21.7 Å². The first kappa shape index (κ1) is 16.6. The van der Waals surface area contributed by atoms with Gasteiger partial charge in [0.1, 0.15) is 0 Å². The summed E-state index contributed by atoms with van der Waals surface area (Å²) >= 11 is 3.22. The maximum absolute atomic E-state index is 13.8. The van der Waals surface area contributed by atoms with E-state index in [2.05, 4.69) is 56.9 Å². The van der Waals surface area contributed by atoms with Crippen LogP contribution in [0, 0.1) is 11.7 Å². The maximum Gasteiger partial charge on any atom is 0.166 e. The van der Waals surface area contributed by atoms with Crippen LogP contribution in [0.1, 0.15) is 13.8 Å². The molecule has 1 aliphatic rings. The van der Waals surface area contributed by atoms with E-state index in [0.29, 0.717) is 28.8 Å². The second-order valence-electron chi connectivity index (χ2n) is 6.02. The Kier molecular flexibility index (Phi) is 5.96. The van der Waals surface area contributed by atoms with E-state index in [9.17, 15) is 4.39 Å². The molecule has 0 saturated carbocycles. The van der Waals surface area contributed by atoms with Crippen LogP contribution in [-0.2, 0) is 0 Å². The van der Waals surface area contributed by atoms with Gasteiger partial charge in [0, 0.05) is 49.4 Å². The monoisotopic (exact) mass is 358 g/mol. The zero-order chi connectivity index (χ0) is 15.4. The van der Waals surface area contributed by atoms with Crippen LogP contribution in [0.25, 0.3) is 0 Å². The number of hydrogen-bond donors (Lipinski definition) is 1. The van der Waals surface area contributed by atoms with Gasteiger partial charge >= 0.3 is 0 Å². The summed E-state index contributed by atoms with van der Waals surface area (Å²) < 4.78 is 14.5. The number of halogens is 2. The number of pyridine rings is 1. The predicted octanol–water partition coefficient (Wildman–Crippen LogP) is 2.67. The van der Waals surface area contributed by atoms with E-state index in [0.717, 1.165) is 26.2 Å². The molecule has 21 heavy (non-hydrogen) atoms. The molecule has 1 atom stereocenters. The van der Waals surface area contributed by atoms with E-state index in [-0.39, 0.29) is 5.82 Å². The molecule has 1 unspecified atom stereocenters. The fraction of sp³-hybridized carbons (Fsp3) is 0.667. The SMILES string of the molecule is CC(C)C(CNc1ncc(Br)cc1F)N1CCN(C)CC1. The minimum Gasteiger partial charge on any atom is -0.366 e. The minimum atomic E-state index is -0.315. The van der Waals surface area contributed by atoms with E-state index in [1.54, 1.807) is 6.20 Å². The number of rotatable bonds is 5. The molecule has 0 aromatic carbocycles. The highest BCUT2D eigenvalue weighted by atomic mass is 79.9. The molecular formula is C15H24BrFN4. The van der Waals surface area contributed by atoms with Crippen molar-refractivity contribution in [2.24, 2.45) is 5.92 Å². The summed E-state index contributed by atoms with van der Waals surface area (Å²) in [6.45, 7) is 9.47. The summed E-state index contributed by atoms with van der Waals surface area (Å²) in [7, 11) is 2.15. The number of piperazine rings is 1. The Morgan fingerprint density at radius 1 is 1.33 bits per heavy atom. The lowest BCUT2D eigenvalue weighted by molar-refractivity contribution is 0.0943. The van der Waals surface area contributed by atoms with Gasteiger partial charge in [0.25, 0.3) is 0 Å². The van der Waals surface area contributed by atoms with Gasteiger partial charge in [-0.15, -0.1) is 0 Å². The van der Waals surface area contributed by atoms with Crippen LogP contribution in [-0.4, -0.2) is 60.6 Å². The van der Waals surface area contributed by atoms with E-state index < -0.39 is 0 Å². The van der Waals surface area contributed by atoms with Crippen LogP contribution < -0.4 is 5.32 Å². The second kappa shape index (κ2) is 7.51. The zero-order valence-electron chi connectivity index (χ0n) is 12.9. The Morgan fingerprint density at radius 3 is 2.57 bits per heavy atom. The maximum atomic E-state index is 13.8. The van der Waals surface area contributed by atoms with Gasteiger partial charge < -0.3 is 10.2 Å². The fourth-order valence-corrected chi connectivity index (χ4v) is 2.99. The van der Waals surface area contributed by atoms with Crippen LogP contribution in [0.2, 0.25) is 0 Å². The number of nitrogens with zero attached hydrogens (tertiary/aromatic N) is 3. The van der Waals surface area contributed by atoms with E-state index in [4.69, 9.17) is 0 Å². The summed E-state index contributed by atoms with van der Waals surface area (Å²) in [5.74, 6) is 0.530. The first-order valence-electron chi connectivity index (χ1n) is 7.45. The standard InChI is InChI=1S/C15H24BrFN4/c1-11(2)14(21-6-4-20(3)5-7-21)10-19-15-13(17)8-12(16)9-18-15/h8-9,11,14H,4-7,10H2,1-3H3,(H,18,19). The van der Waals surface area contributed by atoms with Gasteiger partial charge in [0.15, 0.2) is 11.6 Å². The largest absolute Gasteiger partial charge is 0.366 e. The summed E-state index contributed by atoms with van der Waals surface area (Å²) in [6.07, 6.45) is 1.62.